The fourth-order valence-electron chi connectivity index (χ4n) is 3.03. The quantitative estimate of drug-likeness (QED) is 0.632. The van der Waals surface area contributed by atoms with E-state index in [9.17, 15) is 0 Å². The molecule has 0 spiro atoms. The molecule has 0 aromatic rings. The van der Waals surface area contributed by atoms with E-state index in [1.54, 1.807) is 0 Å². The van der Waals surface area contributed by atoms with Gasteiger partial charge in [0.2, 0.25) is 0 Å². The molecule has 1 N–H and O–H groups in total. The molecule has 0 aromatic heterocycles. The first-order valence-corrected chi connectivity index (χ1v) is 5.58. The van der Waals surface area contributed by atoms with Crippen molar-refractivity contribution in [2.24, 2.45) is 17.8 Å². The third-order valence-corrected chi connectivity index (χ3v) is 3.89. The van der Waals surface area contributed by atoms with Gasteiger partial charge in [0.1, 0.15) is 0 Å². The van der Waals surface area contributed by atoms with Gasteiger partial charge < -0.3 is 5.32 Å². The molecule has 2 rings (SSSR count). The van der Waals surface area contributed by atoms with Gasteiger partial charge in [0, 0.05) is 0 Å². The molecule has 1 aliphatic carbocycles. The molecule has 2 fully saturated rings. The van der Waals surface area contributed by atoms with E-state index in [2.05, 4.69) is 12.2 Å². The summed E-state index contributed by atoms with van der Waals surface area (Å²) in [5.74, 6) is 3.04. The molecule has 1 nitrogen and oxygen atoms in total. The van der Waals surface area contributed by atoms with E-state index >= 15 is 0 Å². The lowest BCUT2D eigenvalue weighted by molar-refractivity contribution is 0.192. The summed E-state index contributed by atoms with van der Waals surface area (Å²) in [6.07, 6.45) is 7.41. The fourth-order valence-corrected chi connectivity index (χ4v) is 3.03. The Labute approximate surface area is 75.9 Å². The summed E-state index contributed by atoms with van der Waals surface area (Å²) >= 11 is 0. The van der Waals surface area contributed by atoms with E-state index in [1.165, 1.54) is 45.2 Å². The standard InChI is InChI=1S/C11H21N/c1-9-6-7-12-8-11(9)10-4-2-3-5-10/h9-12H,2-8H2,1H3. The maximum atomic E-state index is 3.54. The lowest BCUT2D eigenvalue weighted by Crippen LogP contribution is -2.38. The molecule has 1 saturated carbocycles. The second-order valence-corrected chi connectivity index (χ2v) is 4.68. The van der Waals surface area contributed by atoms with E-state index in [0.717, 1.165) is 17.8 Å². The zero-order valence-electron chi connectivity index (χ0n) is 8.18. The molecule has 70 valence electrons. The van der Waals surface area contributed by atoms with Gasteiger partial charge in [-0.15, -0.1) is 0 Å². The van der Waals surface area contributed by atoms with E-state index in [4.69, 9.17) is 0 Å². The minimum atomic E-state index is 0.981. The number of hydrogen-bond acceptors (Lipinski definition) is 1. The summed E-state index contributed by atoms with van der Waals surface area (Å²) in [5.41, 5.74) is 0. The normalized spacial score (nSPS) is 38.8. The molecule has 1 heterocycles. The Morgan fingerprint density at radius 1 is 1.08 bits per heavy atom. The Balaban J connectivity index is 1.91. The third-order valence-electron chi connectivity index (χ3n) is 3.89. The van der Waals surface area contributed by atoms with Crippen LogP contribution < -0.4 is 5.32 Å². The van der Waals surface area contributed by atoms with Crippen molar-refractivity contribution >= 4 is 0 Å². The van der Waals surface area contributed by atoms with Crippen LogP contribution in [0.2, 0.25) is 0 Å². The molecular weight excluding hydrogens is 146 g/mol. The highest BCUT2D eigenvalue weighted by atomic mass is 14.9. The van der Waals surface area contributed by atoms with Gasteiger partial charge in [0.15, 0.2) is 0 Å². The summed E-state index contributed by atoms with van der Waals surface area (Å²) < 4.78 is 0. The first kappa shape index (κ1) is 8.55. The summed E-state index contributed by atoms with van der Waals surface area (Å²) in [6, 6.07) is 0. The van der Waals surface area contributed by atoms with Crippen molar-refractivity contribution in [3.05, 3.63) is 0 Å². The smallest absolute Gasteiger partial charge is 0.00153 e. The summed E-state index contributed by atoms with van der Waals surface area (Å²) in [6.45, 7) is 5.00. The van der Waals surface area contributed by atoms with Crippen LogP contribution in [0.5, 0.6) is 0 Å². The van der Waals surface area contributed by atoms with Gasteiger partial charge in [-0.25, -0.2) is 0 Å². The predicted octanol–water partition coefficient (Wildman–Crippen LogP) is 2.42. The molecule has 2 aliphatic rings. The average Bonchev–Trinajstić information content (AvgIpc) is 2.57. The molecule has 1 aliphatic heterocycles. The van der Waals surface area contributed by atoms with Gasteiger partial charge in [-0.1, -0.05) is 32.6 Å². The zero-order chi connectivity index (χ0) is 8.39. The monoisotopic (exact) mass is 167 g/mol. The Kier molecular flexibility index (Phi) is 2.69. The lowest BCUT2D eigenvalue weighted by atomic mass is 9.78. The van der Waals surface area contributed by atoms with Crippen molar-refractivity contribution in [3.63, 3.8) is 0 Å². The Morgan fingerprint density at radius 3 is 2.50 bits per heavy atom. The van der Waals surface area contributed by atoms with Gasteiger partial charge >= 0.3 is 0 Å². The van der Waals surface area contributed by atoms with Crippen LogP contribution in [0.3, 0.4) is 0 Å². The fraction of sp³-hybridized carbons (Fsp3) is 1.00. The van der Waals surface area contributed by atoms with Gasteiger partial charge in [-0.2, -0.15) is 0 Å². The summed E-state index contributed by atoms with van der Waals surface area (Å²) in [7, 11) is 0. The molecule has 0 bridgehead atoms. The van der Waals surface area contributed by atoms with Crippen LogP contribution in [-0.2, 0) is 0 Å². The van der Waals surface area contributed by atoms with Crippen LogP contribution in [0, 0.1) is 17.8 Å². The number of piperidine rings is 1. The highest BCUT2D eigenvalue weighted by molar-refractivity contribution is 4.83. The second-order valence-electron chi connectivity index (χ2n) is 4.68. The maximum absolute atomic E-state index is 3.54. The van der Waals surface area contributed by atoms with Crippen LogP contribution >= 0.6 is 0 Å². The molecule has 2 atom stereocenters. The van der Waals surface area contributed by atoms with Gasteiger partial charge in [-0.3, -0.25) is 0 Å². The molecule has 1 heteroatoms. The molecule has 1 saturated heterocycles. The van der Waals surface area contributed by atoms with Crippen molar-refractivity contribution in [2.45, 2.75) is 39.0 Å². The first-order valence-electron chi connectivity index (χ1n) is 5.58. The minimum absolute atomic E-state index is 0.981. The largest absolute Gasteiger partial charge is 0.316 e. The second kappa shape index (κ2) is 3.78. The molecular formula is C11H21N. The average molecular weight is 167 g/mol. The summed E-state index contributed by atoms with van der Waals surface area (Å²) in [4.78, 5) is 0. The van der Waals surface area contributed by atoms with Crippen molar-refractivity contribution in [2.75, 3.05) is 13.1 Å². The van der Waals surface area contributed by atoms with Crippen LogP contribution in [0.25, 0.3) is 0 Å². The SMILES string of the molecule is CC1CCNCC1C1CCCC1. The third kappa shape index (κ3) is 1.66. The molecule has 0 radical (unpaired) electrons. The van der Waals surface area contributed by atoms with Crippen molar-refractivity contribution < 1.29 is 0 Å². The number of rotatable bonds is 1. The summed E-state index contributed by atoms with van der Waals surface area (Å²) in [5, 5.41) is 3.54. The highest BCUT2D eigenvalue weighted by Gasteiger charge is 2.30. The maximum Gasteiger partial charge on any atom is -0.00153 e. The van der Waals surface area contributed by atoms with Crippen molar-refractivity contribution in [1.29, 1.82) is 0 Å². The van der Waals surface area contributed by atoms with Gasteiger partial charge in [0.05, 0.1) is 0 Å². The first-order chi connectivity index (χ1) is 5.88. The van der Waals surface area contributed by atoms with Crippen LogP contribution in [-0.4, -0.2) is 13.1 Å². The Bertz CT molecular complexity index is 138. The Hall–Kier alpha value is -0.0400. The number of hydrogen-bond donors (Lipinski definition) is 1. The molecule has 2 unspecified atom stereocenters. The minimum Gasteiger partial charge on any atom is -0.316 e. The zero-order valence-corrected chi connectivity index (χ0v) is 8.18. The lowest BCUT2D eigenvalue weighted by Gasteiger charge is -2.33. The van der Waals surface area contributed by atoms with E-state index in [-0.39, 0.29) is 0 Å². The van der Waals surface area contributed by atoms with E-state index in [1.807, 2.05) is 0 Å². The van der Waals surface area contributed by atoms with E-state index < -0.39 is 0 Å². The van der Waals surface area contributed by atoms with Crippen LogP contribution in [0.1, 0.15) is 39.0 Å². The van der Waals surface area contributed by atoms with Gasteiger partial charge in [0.25, 0.3) is 0 Å². The van der Waals surface area contributed by atoms with Crippen molar-refractivity contribution in [1.82, 2.24) is 5.32 Å². The number of nitrogens with one attached hydrogen (secondary N) is 1. The van der Waals surface area contributed by atoms with Crippen LogP contribution in [0.4, 0.5) is 0 Å². The topological polar surface area (TPSA) is 12.0 Å². The molecule has 0 aromatic carbocycles. The Morgan fingerprint density at radius 2 is 1.83 bits per heavy atom. The van der Waals surface area contributed by atoms with Gasteiger partial charge in [-0.05, 0) is 37.3 Å². The molecule has 12 heavy (non-hydrogen) atoms. The van der Waals surface area contributed by atoms with E-state index in [0.29, 0.717) is 0 Å². The van der Waals surface area contributed by atoms with Crippen LogP contribution in [0.15, 0.2) is 0 Å². The highest BCUT2D eigenvalue weighted by Crippen LogP contribution is 2.36. The predicted molar refractivity (Wildman–Crippen MR) is 52.1 cm³/mol. The van der Waals surface area contributed by atoms with Crippen molar-refractivity contribution in [3.8, 4) is 0 Å². The molecule has 0 amide bonds.